The number of ether oxygens (including phenoxy) is 2. The molecule has 0 aliphatic carbocycles. The topological polar surface area (TPSA) is 89.5 Å². The van der Waals surface area contributed by atoms with Crippen molar-refractivity contribution in [1.29, 1.82) is 5.41 Å². The minimum absolute atomic E-state index is 0.0206. The number of rotatable bonds is 5. The first kappa shape index (κ1) is 21.5. The maximum atomic E-state index is 13.3. The van der Waals surface area contributed by atoms with Gasteiger partial charge in [-0.25, -0.2) is 9.58 Å². The van der Waals surface area contributed by atoms with Crippen LogP contribution in [0.3, 0.4) is 0 Å². The molecule has 8 nitrogen and oxygen atoms in total. The molecule has 9 heteroatoms. The average Bonchev–Trinajstić information content (AvgIpc) is 3.19. The molecule has 2 heterocycles. The smallest absolute Gasteiger partial charge is 0.296 e. The molecule has 0 saturated carbocycles. The second-order valence-electron chi connectivity index (χ2n) is 7.08. The monoisotopic (exact) mass is 450 g/mol. The minimum Gasteiger partial charge on any atom is -0.493 e. The summed E-state index contributed by atoms with van der Waals surface area (Å²) >= 11 is 1.01. The summed E-state index contributed by atoms with van der Waals surface area (Å²) in [5, 5.41) is 8.39. The molecule has 0 radical (unpaired) electrons. The average molecular weight is 451 g/mol. The van der Waals surface area contributed by atoms with Crippen LogP contribution < -0.4 is 19.9 Å². The number of hydrogen-bond acceptors (Lipinski definition) is 6. The highest BCUT2D eigenvalue weighted by atomic mass is 32.2. The normalized spacial score (nSPS) is 15.0. The van der Waals surface area contributed by atoms with E-state index in [-0.39, 0.29) is 16.4 Å². The van der Waals surface area contributed by atoms with E-state index in [1.165, 1.54) is 16.7 Å². The molecule has 164 valence electrons. The number of carbonyl (C=O) groups is 1. The van der Waals surface area contributed by atoms with Gasteiger partial charge in [-0.3, -0.25) is 19.7 Å². The lowest BCUT2D eigenvalue weighted by atomic mass is 10.2. The number of methoxy groups -OCH3 is 2. The zero-order chi connectivity index (χ0) is 23.0. The van der Waals surface area contributed by atoms with Crippen LogP contribution in [0.4, 0.5) is 5.69 Å². The molecule has 1 aliphatic rings. The number of para-hydroxylation sites is 1. The van der Waals surface area contributed by atoms with Gasteiger partial charge < -0.3 is 9.47 Å². The van der Waals surface area contributed by atoms with E-state index in [9.17, 15) is 9.59 Å². The quantitative estimate of drug-likeness (QED) is 0.601. The van der Waals surface area contributed by atoms with Crippen LogP contribution >= 0.6 is 11.8 Å². The van der Waals surface area contributed by atoms with E-state index in [2.05, 4.69) is 0 Å². The highest BCUT2D eigenvalue weighted by molar-refractivity contribution is 8.19. The van der Waals surface area contributed by atoms with E-state index in [0.29, 0.717) is 27.8 Å². The van der Waals surface area contributed by atoms with Gasteiger partial charge in [0.15, 0.2) is 16.7 Å². The lowest BCUT2D eigenvalue weighted by Gasteiger charge is -2.12. The van der Waals surface area contributed by atoms with Gasteiger partial charge in [0.05, 0.1) is 30.5 Å². The van der Waals surface area contributed by atoms with E-state index in [1.807, 2.05) is 30.3 Å². The number of nitrogens with zero attached hydrogens (tertiary/aromatic N) is 3. The van der Waals surface area contributed by atoms with Crippen LogP contribution in [0, 0.1) is 12.3 Å². The van der Waals surface area contributed by atoms with Crippen LogP contribution in [0.1, 0.15) is 11.3 Å². The third-order valence-corrected chi connectivity index (χ3v) is 6.16. The van der Waals surface area contributed by atoms with Crippen molar-refractivity contribution in [2.75, 3.05) is 19.1 Å². The van der Waals surface area contributed by atoms with E-state index in [0.717, 1.165) is 17.3 Å². The van der Waals surface area contributed by atoms with Gasteiger partial charge in [-0.15, -0.1) is 0 Å². The van der Waals surface area contributed by atoms with Crippen LogP contribution in [-0.2, 0) is 11.8 Å². The van der Waals surface area contributed by atoms with E-state index >= 15 is 0 Å². The second kappa shape index (κ2) is 8.43. The Kier molecular flexibility index (Phi) is 5.67. The van der Waals surface area contributed by atoms with Gasteiger partial charge in [-0.05, 0) is 54.6 Å². The lowest BCUT2D eigenvalue weighted by molar-refractivity contribution is -0.113. The largest absolute Gasteiger partial charge is 0.493 e. The van der Waals surface area contributed by atoms with Crippen LogP contribution in [-0.4, -0.2) is 34.7 Å². The van der Waals surface area contributed by atoms with Crippen molar-refractivity contribution in [3.8, 4) is 17.2 Å². The summed E-state index contributed by atoms with van der Waals surface area (Å²) in [6.45, 7) is 1.76. The highest BCUT2D eigenvalue weighted by Gasteiger charge is 2.38. The number of nitrogens with one attached hydrogen (secondary N) is 1. The number of anilines is 1. The molecule has 0 bridgehead atoms. The molecule has 1 aromatic heterocycles. The molecule has 0 atom stereocenters. The number of amidine groups is 1. The summed E-state index contributed by atoms with van der Waals surface area (Å²) < 4.78 is 13.8. The van der Waals surface area contributed by atoms with Crippen molar-refractivity contribution in [1.82, 2.24) is 9.36 Å². The predicted octanol–water partition coefficient (Wildman–Crippen LogP) is 3.56. The van der Waals surface area contributed by atoms with Gasteiger partial charge in [0.2, 0.25) is 0 Å². The molecule has 1 amide bonds. The first-order chi connectivity index (χ1) is 15.4. The Morgan fingerprint density at radius 1 is 1.00 bits per heavy atom. The Morgan fingerprint density at radius 3 is 2.34 bits per heavy atom. The molecular weight excluding hydrogens is 428 g/mol. The molecule has 3 aromatic rings. The standard InChI is InChI=1S/C23H22N4O4S/c1-14-20(22(29)27(25(14)2)16-8-6-5-7-9-16)26-21(28)19(32-23(26)24)13-15-10-11-17(30-3)18(12-15)31-4/h5-13,24H,1-4H3/b19-13-,24-23?. The molecule has 0 unspecified atom stereocenters. The lowest BCUT2D eigenvalue weighted by Crippen LogP contribution is -2.33. The van der Waals surface area contributed by atoms with Crippen LogP contribution in [0.25, 0.3) is 11.8 Å². The molecule has 2 aromatic carbocycles. The Balaban J connectivity index is 1.75. The minimum atomic E-state index is -0.416. The number of hydrogen-bond donors (Lipinski definition) is 1. The Labute approximate surface area is 189 Å². The summed E-state index contributed by atoms with van der Waals surface area (Å²) in [7, 11) is 4.85. The Bertz CT molecular complexity index is 1310. The molecule has 1 N–H and O–H groups in total. The van der Waals surface area contributed by atoms with Crippen molar-refractivity contribution in [3.63, 3.8) is 0 Å². The summed E-state index contributed by atoms with van der Waals surface area (Å²) in [5.74, 6) is 0.700. The Hall–Kier alpha value is -3.72. The molecule has 4 rings (SSSR count). The SMILES string of the molecule is COc1ccc(/C=C2\SC(=N)N(c3c(C)n(C)n(-c4ccccc4)c3=O)C2=O)cc1OC. The number of carbonyl (C=O) groups excluding carboxylic acids is 1. The maximum Gasteiger partial charge on any atom is 0.296 e. The van der Waals surface area contributed by atoms with Gasteiger partial charge in [0.25, 0.3) is 11.5 Å². The van der Waals surface area contributed by atoms with Crippen LogP contribution in [0.15, 0.2) is 58.2 Å². The Morgan fingerprint density at radius 2 is 1.69 bits per heavy atom. The summed E-state index contributed by atoms with van der Waals surface area (Å²) in [5.41, 5.74) is 1.81. The van der Waals surface area contributed by atoms with Gasteiger partial charge in [0.1, 0.15) is 5.69 Å². The van der Waals surface area contributed by atoms with Gasteiger partial charge in [-0.1, -0.05) is 24.3 Å². The maximum absolute atomic E-state index is 13.3. The number of benzene rings is 2. The zero-order valence-corrected chi connectivity index (χ0v) is 18.9. The van der Waals surface area contributed by atoms with Crippen molar-refractivity contribution >= 4 is 34.6 Å². The summed E-state index contributed by atoms with van der Waals surface area (Å²) in [6, 6.07) is 14.5. The molecule has 32 heavy (non-hydrogen) atoms. The summed E-state index contributed by atoms with van der Waals surface area (Å²) in [4.78, 5) is 28.1. The van der Waals surface area contributed by atoms with Crippen molar-refractivity contribution in [2.24, 2.45) is 7.05 Å². The third-order valence-electron chi connectivity index (χ3n) is 5.28. The van der Waals surface area contributed by atoms with Crippen LogP contribution in [0.2, 0.25) is 0 Å². The molecule has 0 spiro atoms. The predicted molar refractivity (Wildman–Crippen MR) is 126 cm³/mol. The molecule has 1 saturated heterocycles. The van der Waals surface area contributed by atoms with E-state index < -0.39 is 5.91 Å². The second-order valence-corrected chi connectivity index (χ2v) is 8.11. The van der Waals surface area contributed by atoms with Gasteiger partial charge in [0, 0.05) is 7.05 Å². The van der Waals surface area contributed by atoms with Gasteiger partial charge in [-0.2, -0.15) is 0 Å². The fourth-order valence-corrected chi connectivity index (χ4v) is 4.44. The van der Waals surface area contributed by atoms with E-state index in [4.69, 9.17) is 14.9 Å². The van der Waals surface area contributed by atoms with Crippen molar-refractivity contribution < 1.29 is 14.3 Å². The summed E-state index contributed by atoms with van der Waals surface area (Å²) in [6.07, 6.45) is 1.68. The van der Waals surface area contributed by atoms with Crippen molar-refractivity contribution in [2.45, 2.75) is 6.92 Å². The fourth-order valence-electron chi connectivity index (χ4n) is 3.60. The number of thioether (sulfide) groups is 1. The van der Waals surface area contributed by atoms with Crippen molar-refractivity contribution in [3.05, 3.63) is 75.0 Å². The number of amides is 1. The first-order valence-electron chi connectivity index (χ1n) is 9.76. The molecule has 1 aliphatic heterocycles. The molecule has 1 fully saturated rings. The van der Waals surface area contributed by atoms with Gasteiger partial charge >= 0.3 is 0 Å². The van der Waals surface area contributed by atoms with E-state index in [1.54, 1.807) is 50.0 Å². The highest BCUT2D eigenvalue weighted by Crippen LogP contribution is 2.36. The fraction of sp³-hybridized carbons (Fsp3) is 0.174. The third kappa shape index (κ3) is 3.50. The first-order valence-corrected chi connectivity index (χ1v) is 10.6. The zero-order valence-electron chi connectivity index (χ0n) is 18.1. The molecular formula is C23H22N4O4S. The van der Waals surface area contributed by atoms with Crippen LogP contribution in [0.5, 0.6) is 11.5 Å². The number of aromatic nitrogens is 2.